The van der Waals surface area contributed by atoms with Gasteiger partial charge in [0, 0.05) is 0 Å². The highest BCUT2D eigenvalue weighted by Crippen LogP contribution is 2.47. The Balaban J connectivity index is 1.63. The Morgan fingerprint density at radius 2 is 2.04 bits per heavy atom. The van der Waals surface area contributed by atoms with Gasteiger partial charge >= 0.3 is 0 Å². The summed E-state index contributed by atoms with van der Waals surface area (Å²) >= 11 is 0. The fourth-order valence-corrected chi connectivity index (χ4v) is 4.45. The second-order valence-electron chi connectivity index (χ2n) is 6.99. The third-order valence-corrected chi connectivity index (χ3v) is 6.21. The summed E-state index contributed by atoms with van der Waals surface area (Å²) in [7, 11) is -3.22. The van der Waals surface area contributed by atoms with Crippen LogP contribution < -0.4 is 9.46 Å². The van der Waals surface area contributed by atoms with E-state index in [1.165, 1.54) is 12.8 Å². The summed E-state index contributed by atoms with van der Waals surface area (Å²) in [6.45, 7) is 2.86. The standard InChI is InChI=1S/C18H27NO3S/c1-2-3-4-12-23(20,21)19-18(10-11-18)16-6-5-7-17(13-16)22-14-15-8-9-15/h5-7,13,15,19H,2-4,8-12,14H2,1H3. The average Bonchev–Trinajstić information content (AvgIpc) is 3.41. The first kappa shape index (κ1) is 16.8. The second-order valence-corrected chi connectivity index (χ2v) is 8.83. The predicted octanol–water partition coefficient (Wildman–Crippen LogP) is 3.57. The van der Waals surface area contributed by atoms with Gasteiger partial charge in [0.25, 0.3) is 0 Å². The topological polar surface area (TPSA) is 55.4 Å². The van der Waals surface area contributed by atoms with E-state index in [0.29, 0.717) is 5.92 Å². The minimum Gasteiger partial charge on any atom is -0.493 e. The molecule has 128 valence electrons. The lowest BCUT2D eigenvalue weighted by Crippen LogP contribution is -2.36. The van der Waals surface area contributed by atoms with Gasteiger partial charge < -0.3 is 4.74 Å². The van der Waals surface area contributed by atoms with Crippen LogP contribution in [0.25, 0.3) is 0 Å². The first-order chi connectivity index (χ1) is 11.0. The van der Waals surface area contributed by atoms with Crippen LogP contribution in [0, 0.1) is 5.92 Å². The van der Waals surface area contributed by atoms with Crippen molar-refractivity contribution in [3.63, 3.8) is 0 Å². The third kappa shape index (κ3) is 4.70. The molecule has 0 saturated heterocycles. The average molecular weight is 337 g/mol. The lowest BCUT2D eigenvalue weighted by molar-refractivity contribution is 0.299. The first-order valence-electron chi connectivity index (χ1n) is 8.78. The van der Waals surface area contributed by atoms with E-state index < -0.39 is 15.6 Å². The summed E-state index contributed by atoms with van der Waals surface area (Å²) in [6.07, 6.45) is 6.98. The summed E-state index contributed by atoms with van der Waals surface area (Å²) in [5, 5.41) is 0. The van der Waals surface area contributed by atoms with Crippen molar-refractivity contribution in [2.45, 2.75) is 57.4 Å². The Labute approximate surface area is 139 Å². The van der Waals surface area contributed by atoms with Crippen LogP contribution in [0.4, 0.5) is 0 Å². The number of benzene rings is 1. The SMILES string of the molecule is CCCCCS(=O)(=O)NC1(c2cccc(OCC3CC3)c2)CC1. The van der Waals surface area contributed by atoms with Crippen LogP contribution in [0.1, 0.15) is 57.4 Å². The van der Waals surface area contributed by atoms with Crippen molar-refractivity contribution in [3.05, 3.63) is 29.8 Å². The van der Waals surface area contributed by atoms with Gasteiger partial charge in [-0.15, -0.1) is 0 Å². The first-order valence-corrected chi connectivity index (χ1v) is 10.4. The zero-order chi connectivity index (χ0) is 16.3. The maximum absolute atomic E-state index is 12.3. The maximum atomic E-state index is 12.3. The van der Waals surface area contributed by atoms with E-state index in [1.54, 1.807) is 0 Å². The molecule has 0 aromatic heterocycles. The van der Waals surface area contributed by atoms with Crippen LogP contribution in [-0.4, -0.2) is 20.8 Å². The number of hydrogen-bond donors (Lipinski definition) is 1. The van der Waals surface area contributed by atoms with E-state index in [1.807, 2.05) is 24.3 Å². The quantitative estimate of drug-likeness (QED) is 0.664. The Hall–Kier alpha value is -1.07. The Morgan fingerprint density at radius 3 is 2.70 bits per heavy atom. The molecular formula is C18H27NO3S. The zero-order valence-corrected chi connectivity index (χ0v) is 14.7. The number of ether oxygens (including phenoxy) is 1. The molecule has 3 rings (SSSR count). The van der Waals surface area contributed by atoms with E-state index in [0.717, 1.165) is 50.0 Å². The molecule has 1 aromatic carbocycles. The summed E-state index contributed by atoms with van der Waals surface area (Å²) in [4.78, 5) is 0. The Kier molecular flexibility index (Phi) is 4.97. The number of rotatable bonds is 10. The van der Waals surface area contributed by atoms with Crippen LogP contribution in [-0.2, 0) is 15.6 Å². The molecule has 5 heteroatoms. The summed E-state index contributed by atoms with van der Waals surface area (Å²) in [5.41, 5.74) is 0.633. The van der Waals surface area contributed by atoms with E-state index in [4.69, 9.17) is 4.74 Å². The normalized spacial score (nSPS) is 19.5. The summed E-state index contributed by atoms with van der Waals surface area (Å²) < 4.78 is 33.4. The van der Waals surface area contributed by atoms with Gasteiger partial charge in [0.2, 0.25) is 10.0 Å². The van der Waals surface area contributed by atoms with E-state index in [-0.39, 0.29) is 5.75 Å². The van der Waals surface area contributed by atoms with Gasteiger partial charge in [-0.05, 0) is 55.7 Å². The third-order valence-electron chi connectivity index (χ3n) is 4.69. The van der Waals surface area contributed by atoms with Crippen molar-refractivity contribution in [1.82, 2.24) is 4.72 Å². The molecule has 2 saturated carbocycles. The van der Waals surface area contributed by atoms with Crippen molar-refractivity contribution in [2.24, 2.45) is 5.92 Å². The monoisotopic (exact) mass is 337 g/mol. The van der Waals surface area contributed by atoms with Crippen molar-refractivity contribution in [2.75, 3.05) is 12.4 Å². The molecular weight excluding hydrogens is 310 g/mol. The number of sulfonamides is 1. The fourth-order valence-electron chi connectivity index (χ4n) is 2.85. The van der Waals surface area contributed by atoms with E-state index >= 15 is 0 Å². The van der Waals surface area contributed by atoms with Crippen molar-refractivity contribution < 1.29 is 13.2 Å². The molecule has 2 aliphatic rings. The molecule has 0 spiro atoms. The molecule has 1 aromatic rings. The Bertz CT molecular complexity index is 633. The highest BCUT2D eigenvalue weighted by atomic mass is 32.2. The smallest absolute Gasteiger partial charge is 0.212 e. The number of hydrogen-bond acceptors (Lipinski definition) is 3. The van der Waals surface area contributed by atoms with Crippen LogP contribution in [0.2, 0.25) is 0 Å². The molecule has 1 N–H and O–H groups in total. The molecule has 2 aliphatic carbocycles. The van der Waals surface area contributed by atoms with Crippen LogP contribution >= 0.6 is 0 Å². The lowest BCUT2D eigenvalue weighted by Gasteiger charge is -2.19. The van der Waals surface area contributed by atoms with Crippen molar-refractivity contribution >= 4 is 10.0 Å². The number of unbranched alkanes of at least 4 members (excludes halogenated alkanes) is 2. The summed E-state index contributed by atoms with van der Waals surface area (Å²) in [6, 6.07) is 7.93. The maximum Gasteiger partial charge on any atom is 0.212 e. The van der Waals surface area contributed by atoms with Gasteiger partial charge in [-0.25, -0.2) is 13.1 Å². The van der Waals surface area contributed by atoms with Gasteiger partial charge in [-0.1, -0.05) is 31.9 Å². The largest absolute Gasteiger partial charge is 0.493 e. The molecule has 0 atom stereocenters. The van der Waals surface area contributed by atoms with Gasteiger partial charge in [-0.3, -0.25) is 0 Å². The van der Waals surface area contributed by atoms with E-state index in [2.05, 4.69) is 11.6 Å². The minimum absolute atomic E-state index is 0.223. The zero-order valence-electron chi connectivity index (χ0n) is 13.9. The molecule has 0 bridgehead atoms. The molecule has 0 amide bonds. The Morgan fingerprint density at radius 1 is 1.26 bits per heavy atom. The molecule has 0 aliphatic heterocycles. The highest BCUT2D eigenvalue weighted by Gasteiger charge is 2.47. The second kappa shape index (κ2) is 6.81. The van der Waals surface area contributed by atoms with Gasteiger partial charge in [0.15, 0.2) is 0 Å². The summed E-state index contributed by atoms with van der Waals surface area (Å²) in [5.74, 6) is 1.79. The predicted molar refractivity (Wildman–Crippen MR) is 92.0 cm³/mol. The highest BCUT2D eigenvalue weighted by molar-refractivity contribution is 7.89. The van der Waals surface area contributed by atoms with Crippen LogP contribution in [0.15, 0.2) is 24.3 Å². The van der Waals surface area contributed by atoms with Crippen molar-refractivity contribution in [1.29, 1.82) is 0 Å². The van der Waals surface area contributed by atoms with Crippen LogP contribution in [0.3, 0.4) is 0 Å². The number of nitrogens with one attached hydrogen (secondary N) is 1. The van der Waals surface area contributed by atoms with Gasteiger partial charge in [0.1, 0.15) is 5.75 Å². The van der Waals surface area contributed by atoms with Crippen molar-refractivity contribution in [3.8, 4) is 5.75 Å². The molecule has 0 radical (unpaired) electrons. The van der Waals surface area contributed by atoms with Gasteiger partial charge in [0.05, 0.1) is 17.9 Å². The fraction of sp³-hybridized carbons (Fsp3) is 0.667. The molecule has 0 heterocycles. The lowest BCUT2D eigenvalue weighted by atomic mass is 10.1. The van der Waals surface area contributed by atoms with Crippen LogP contribution in [0.5, 0.6) is 5.75 Å². The minimum atomic E-state index is -3.22. The molecule has 2 fully saturated rings. The molecule has 23 heavy (non-hydrogen) atoms. The molecule has 0 unspecified atom stereocenters. The van der Waals surface area contributed by atoms with E-state index in [9.17, 15) is 8.42 Å². The van der Waals surface area contributed by atoms with Gasteiger partial charge in [-0.2, -0.15) is 0 Å². The molecule has 4 nitrogen and oxygen atoms in total.